The molecule has 3 amide bonds. The van der Waals surface area contributed by atoms with Crippen molar-refractivity contribution in [2.45, 2.75) is 45.1 Å². The summed E-state index contributed by atoms with van der Waals surface area (Å²) >= 11 is 1.38. The molecular weight excluding hydrogens is 476 g/mol. The third-order valence-corrected chi connectivity index (χ3v) is 7.81. The van der Waals surface area contributed by atoms with Crippen LogP contribution in [0.15, 0.2) is 54.6 Å². The second kappa shape index (κ2) is 10.1. The molecule has 0 radical (unpaired) electrons. The maximum Gasteiger partial charge on any atom is 0.341 e. The van der Waals surface area contributed by atoms with Crippen LogP contribution in [-0.2, 0) is 28.8 Å². The summed E-state index contributed by atoms with van der Waals surface area (Å²) in [6.45, 7) is 1.97. The van der Waals surface area contributed by atoms with Gasteiger partial charge in [0.1, 0.15) is 11.0 Å². The molecule has 2 aromatic carbocycles. The number of fused-ring (bicyclic) bond motifs is 2. The number of thiophene rings is 1. The summed E-state index contributed by atoms with van der Waals surface area (Å²) in [5, 5.41) is 3.32. The van der Waals surface area contributed by atoms with Crippen molar-refractivity contribution in [3.8, 4) is 0 Å². The molecule has 8 heteroatoms. The van der Waals surface area contributed by atoms with Gasteiger partial charge in [-0.05, 0) is 55.9 Å². The summed E-state index contributed by atoms with van der Waals surface area (Å²) < 4.78 is 5.30. The lowest BCUT2D eigenvalue weighted by Gasteiger charge is -2.25. The number of hydrogen-bond donors (Lipinski definition) is 1. The van der Waals surface area contributed by atoms with Crippen LogP contribution in [0.1, 0.15) is 66.8 Å². The molecule has 1 N–H and O–H groups in total. The summed E-state index contributed by atoms with van der Waals surface area (Å²) in [5.41, 5.74) is 2.70. The average Bonchev–Trinajstić information content (AvgIpc) is 3.38. The van der Waals surface area contributed by atoms with Gasteiger partial charge in [0.15, 0.2) is 0 Å². The van der Waals surface area contributed by atoms with Crippen LogP contribution in [0.4, 0.5) is 5.00 Å². The fraction of sp³-hybridized carbons (Fsp3) is 0.286. The van der Waals surface area contributed by atoms with E-state index >= 15 is 0 Å². The Kier molecular flexibility index (Phi) is 6.69. The fourth-order valence-corrected chi connectivity index (χ4v) is 6.18. The summed E-state index contributed by atoms with van der Waals surface area (Å²) in [5.74, 6) is -1.98. The summed E-state index contributed by atoms with van der Waals surface area (Å²) in [7, 11) is 0. The molecule has 0 fully saturated rings. The maximum atomic E-state index is 13.8. The summed E-state index contributed by atoms with van der Waals surface area (Å²) in [4.78, 5) is 55.3. The molecule has 5 rings (SSSR count). The zero-order chi connectivity index (χ0) is 25.2. The molecule has 1 aliphatic heterocycles. The van der Waals surface area contributed by atoms with Crippen LogP contribution in [0, 0.1) is 0 Å². The van der Waals surface area contributed by atoms with Crippen LogP contribution in [0.5, 0.6) is 0 Å². The van der Waals surface area contributed by atoms with Crippen LogP contribution < -0.4 is 5.32 Å². The molecule has 0 spiro atoms. The van der Waals surface area contributed by atoms with Gasteiger partial charge in [-0.1, -0.05) is 42.5 Å². The molecule has 1 aromatic heterocycles. The Balaban J connectivity index is 1.51. The van der Waals surface area contributed by atoms with Gasteiger partial charge in [0, 0.05) is 11.3 Å². The molecule has 3 aromatic rings. The lowest BCUT2D eigenvalue weighted by molar-refractivity contribution is -0.119. The number of ether oxygens (including phenoxy) is 1. The molecule has 7 nitrogen and oxygen atoms in total. The summed E-state index contributed by atoms with van der Waals surface area (Å²) in [6.07, 6.45) is 3.73. The number of amides is 3. The monoisotopic (exact) mass is 502 g/mol. The summed E-state index contributed by atoms with van der Waals surface area (Å²) in [6, 6.07) is 14.8. The number of benzene rings is 2. The highest BCUT2D eigenvalue weighted by atomic mass is 32.1. The van der Waals surface area contributed by atoms with Gasteiger partial charge in [-0.2, -0.15) is 0 Å². The smallest absolute Gasteiger partial charge is 0.341 e. The normalized spacial score (nSPS) is 15.3. The second-order valence-electron chi connectivity index (χ2n) is 8.86. The Hall–Kier alpha value is -3.78. The van der Waals surface area contributed by atoms with E-state index in [-0.39, 0.29) is 24.2 Å². The average molecular weight is 503 g/mol. The molecule has 1 atom stereocenters. The molecule has 0 saturated carbocycles. The molecule has 1 aliphatic carbocycles. The number of esters is 1. The van der Waals surface area contributed by atoms with E-state index in [9.17, 15) is 19.2 Å². The molecule has 36 heavy (non-hydrogen) atoms. The predicted octanol–water partition coefficient (Wildman–Crippen LogP) is 4.65. The first kappa shape index (κ1) is 23.9. The topological polar surface area (TPSA) is 92.8 Å². The lowest BCUT2D eigenvalue weighted by Crippen LogP contribution is -2.48. The molecule has 2 heterocycles. The molecule has 2 aliphatic rings. The largest absolute Gasteiger partial charge is 0.462 e. The fourth-order valence-electron chi connectivity index (χ4n) is 4.90. The third-order valence-electron chi connectivity index (χ3n) is 6.60. The molecule has 184 valence electrons. The van der Waals surface area contributed by atoms with E-state index in [1.54, 1.807) is 31.2 Å². The third kappa shape index (κ3) is 4.33. The molecule has 0 saturated heterocycles. The van der Waals surface area contributed by atoms with Gasteiger partial charge >= 0.3 is 5.97 Å². The number of imide groups is 1. The molecular formula is C28H26N2O5S. The predicted molar refractivity (Wildman–Crippen MR) is 136 cm³/mol. The number of carbonyl (C=O) groups excluding carboxylic acids is 4. The zero-order valence-electron chi connectivity index (χ0n) is 19.9. The van der Waals surface area contributed by atoms with Gasteiger partial charge in [0.2, 0.25) is 5.91 Å². The first-order valence-corrected chi connectivity index (χ1v) is 12.9. The van der Waals surface area contributed by atoms with Crippen LogP contribution in [0.2, 0.25) is 0 Å². The van der Waals surface area contributed by atoms with E-state index in [2.05, 4.69) is 5.32 Å². The Morgan fingerprint density at radius 3 is 2.28 bits per heavy atom. The number of carbonyl (C=O) groups is 4. The van der Waals surface area contributed by atoms with Crippen molar-refractivity contribution in [2.75, 3.05) is 11.9 Å². The molecule has 0 bridgehead atoms. The van der Waals surface area contributed by atoms with Gasteiger partial charge < -0.3 is 10.1 Å². The van der Waals surface area contributed by atoms with E-state index in [0.29, 0.717) is 10.6 Å². The van der Waals surface area contributed by atoms with Crippen molar-refractivity contribution in [3.05, 3.63) is 87.3 Å². The quantitative estimate of drug-likeness (QED) is 0.375. The van der Waals surface area contributed by atoms with Crippen molar-refractivity contribution < 1.29 is 23.9 Å². The van der Waals surface area contributed by atoms with E-state index in [1.807, 2.05) is 30.3 Å². The highest BCUT2D eigenvalue weighted by molar-refractivity contribution is 7.17. The van der Waals surface area contributed by atoms with Crippen LogP contribution in [0.3, 0.4) is 0 Å². The Morgan fingerprint density at radius 2 is 1.61 bits per heavy atom. The van der Waals surface area contributed by atoms with Crippen LogP contribution in [-0.4, -0.2) is 41.2 Å². The SMILES string of the molecule is CCOC(=O)c1c(NC(=O)[C@@H](Cc2ccccc2)N2C(=O)c3ccccc3C2=O)sc2c1CCCC2. The minimum atomic E-state index is -1.09. The number of anilines is 1. The van der Waals surface area contributed by atoms with E-state index in [0.717, 1.165) is 46.6 Å². The first-order chi connectivity index (χ1) is 17.5. The standard InChI is InChI=1S/C28H26N2O5S/c1-2-35-28(34)23-20-14-8-9-15-22(20)36-25(23)29-24(31)21(16-17-10-4-3-5-11-17)30-26(32)18-12-6-7-13-19(18)27(30)33/h3-7,10-13,21H,2,8-9,14-16H2,1H3,(H,29,31)/t21-/m1/s1. The van der Waals surface area contributed by atoms with Crippen LogP contribution >= 0.6 is 11.3 Å². The number of aryl methyl sites for hydroxylation is 1. The highest BCUT2D eigenvalue weighted by Gasteiger charge is 2.43. The first-order valence-electron chi connectivity index (χ1n) is 12.1. The number of hydrogen-bond acceptors (Lipinski definition) is 6. The zero-order valence-corrected chi connectivity index (χ0v) is 20.7. The van der Waals surface area contributed by atoms with Gasteiger partial charge in [-0.3, -0.25) is 19.3 Å². The van der Waals surface area contributed by atoms with Gasteiger partial charge in [-0.25, -0.2) is 4.79 Å². The number of rotatable bonds is 7. The number of nitrogens with one attached hydrogen (secondary N) is 1. The minimum Gasteiger partial charge on any atom is -0.462 e. The Labute approximate surface area is 213 Å². The van der Waals surface area contributed by atoms with E-state index in [4.69, 9.17) is 4.74 Å². The minimum absolute atomic E-state index is 0.151. The highest BCUT2D eigenvalue weighted by Crippen LogP contribution is 2.39. The van der Waals surface area contributed by atoms with E-state index in [1.165, 1.54) is 11.3 Å². The Morgan fingerprint density at radius 1 is 0.972 bits per heavy atom. The maximum absolute atomic E-state index is 13.8. The van der Waals surface area contributed by atoms with Gasteiger partial charge in [0.25, 0.3) is 11.8 Å². The van der Waals surface area contributed by atoms with Crippen molar-refractivity contribution >= 4 is 40.0 Å². The Bertz CT molecular complexity index is 1310. The second-order valence-corrected chi connectivity index (χ2v) is 9.96. The van der Waals surface area contributed by atoms with Crippen LogP contribution in [0.25, 0.3) is 0 Å². The van der Waals surface area contributed by atoms with Gasteiger partial charge in [-0.15, -0.1) is 11.3 Å². The number of nitrogens with zero attached hydrogens (tertiary/aromatic N) is 1. The van der Waals surface area contributed by atoms with E-state index < -0.39 is 29.7 Å². The van der Waals surface area contributed by atoms with Gasteiger partial charge in [0.05, 0.1) is 23.3 Å². The van der Waals surface area contributed by atoms with Crippen molar-refractivity contribution in [1.29, 1.82) is 0 Å². The van der Waals surface area contributed by atoms with Crippen molar-refractivity contribution in [2.24, 2.45) is 0 Å². The lowest BCUT2D eigenvalue weighted by atomic mass is 9.95. The van der Waals surface area contributed by atoms with Crippen molar-refractivity contribution in [3.63, 3.8) is 0 Å². The van der Waals surface area contributed by atoms with Crippen molar-refractivity contribution in [1.82, 2.24) is 4.90 Å². The molecule has 0 unspecified atom stereocenters.